The first-order valence-electron chi connectivity index (χ1n) is 13.2. The quantitative estimate of drug-likeness (QED) is 0.432. The van der Waals surface area contributed by atoms with Gasteiger partial charge in [0, 0.05) is 43.6 Å². The Kier molecular flexibility index (Phi) is 7.90. The molecule has 0 spiro atoms. The lowest BCUT2D eigenvalue weighted by atomic mass is 10.0. The summed E-state index contributed by atoms with van der Waals surface area (Å²) in [5.41, 5.74) is 0.869. The van der Waals surface area contributed by atoms with Crippen molar-refractivity contribution >= 4 is 35.3 Å². The van der Waals surface area contributed by atoms with Gasteiger partial charge < -0.3 is 24.8 Å². The lowest BCUT2D eigenvalue weighted by molar-refractivity contribution is 0.0256. The molecule has 3 aromatic rings. The van der Waals surface area contributed by atoms with Crippen molar-refractivity contribution in [1.82, 2.24) is 19.5 Å². The molecule has 4 rings (SSSR count). The molecule has 2 amide bonds. The van der Waals surface area contributed by atoms with Crippen LogP contribution in [0.3, 0.4) is 0 Å². The average Bonchev–Trinajstić information content (AvgIpc) is 3.26. The minimum absolute atomic E-state index is 0.0826. The normalized spacial score (nSPS) is 14.8. The summed E-state index contributed by atoms with van der Waals surface area (Å²) in [7, 11) is 0. The SMILES string of the molecule is CC(C)(C)OC(=O)N1CCCN(C(=O)OC(C)(C)C)c2ccn3ncc(c3n2)-c2cc(cc(C(=O)O)c2)NCC1. The van der Waals surface area contributed by atoms with Crippen LogP contribution < -0.4 is 10.2 Å². The van der Waals surface area contributed by atoms with E-state index in [1.54, 1.807) is 81.6 Å². The van der Waals surface area contributed by atoms with Gasteiger partial charge in [0.05, 0.1) is 11.8 Å². The number of carboxylic acid groups (broad SMARTS) is 1. The van der Waals surface area contributed by atoms with Gasteiger partial charge in [0.1, 0.15) is 17.0 Å². The number of fused-ring (bicyclic) bond motifs is 4. The maximum absolute atomic E-state index is 13.3. The van der Waals surface area contributed by atoms with Gasteiger partial charge in [0.2, 0.25) is 0 Å². The molecule has 2 N–H and O–H groups in total. The van der Waals surface area contributed by atoms with Crippen LogP contribution in [0.5, 0.6) is 0 Å². The highest BCUT2D eigenvalue weighted by atomic mass is 16.6. The molecule has 0 atom stereocenters. The van der Waals surface area contributed by atoms with Crippen molar-refractivity contribution in [3.8, 4) is 11.1 Å². The molecule has 12 heteroatoms. The zero-order valence-corrected chi connectivity index (χ0v) is 23.7. The van der Waals surface area contributed by atoms with Crippen LogP contribution >= 0.6 is 0 Å². The first kappa shape index (κ1) is 28.7. The van der Waals surface area contributed by atoms with Crippen LogP contribution in [-0.2, 0) is 9.47 Å². The number of carbonyl (C=O) groups is 3. The fraction of sp³-hybridized carbons (Fsp3) is 0.464. The number of anilines is 2. The van der Waals surface area contributed by atoms with Crippen LogP contribution in [0, 0.1) is 0 Å². The van der Waals surface area contributed by atoms with Crippen LogP contribution in [-0.4, -0.2) is 80.1 Å². The summed E-state index contributed by atoms with van der Waals surface area (Å²) >= 11 is 0. The second-order valence-corrected chi connectivity index (χ2v) is 11.6. The lowest BCUT2D eigenvalue weighted by Crippen LogP contribution is -2.42. The van der Waals surface area contributed by atoms with Gasteiger partial charge in [-0.1, -0.05) is 0 Å². The molecule has 1 aliphatic rings. The van der Waals surface area contributed by atoms with Gasteiger partial charge in [0.25, 0.3) is 0 Å². The number of rotatable bonds is 1. The summed E-state index contributed by atoms with van der Waals surface area (Å²) in [6.45, 7) is 11.9. The predicted octanol–water partition coefficient (Wildman–Crippen LogP) is 4.89. The zero-order valence-electron chi connectivity index (χ0n) is 23.7. The zero-order chi connectivity index (χ0) is 29.2. The molecule has 0 unspecified atom stereocenters. The lowest BCUT2D eigenvalue weighted by Gasteiger charge is -2.29. The van der Waals surface area contributed by atoms with Gasteiger partial charge in [-0.2, -0.15) is 5.10 Å². The second-order valence-electron chi connectivity index (χ2n) is 11.6. The molecule has 214 valence electrons. The van der Waals surface area contributed by atoms with Crippen molar-refractivity contribution in [1.29, 1.82) is 0 Å². The monoisotopic (exact) mass is 552 g/mol. The van der Waals surface area contributed by atoms with Gasteiger partial charge in [-0.25, -0.2) is 23.9 Å². The third-order valence-electron chi connectivity index (χ3n) is 5.91. The fourth-order valence-corrected chi connectivity index (χ4v) is 4.21. The molecule has 2 aromatic heterocycles. The first-order chi connectivity index (χ1) is 18.7. The number of carboxylic acids is 1. The molecule has 1 aliphatic heterocycles. The third-order valence-corrected chi connectivity index (χ3v) is 5.91. The Morgan fingerprint density at radius 1 is 0.950 bits per heavy atom. The predicted molar refractivity (Wildman–Crippen MR) is 150 cm³/mol. The van der Waals surface area contributed by atoms with E-state index in [2.05, 4.69) is 10.4 Å². The molecule has 1 aromatic carbocycles. The van der Waals surface area contributed by atoms with Crippen molar-refractivity contribution in [2.45, 2.75) is 59.2 Å². The summed E-state index contributed by atoms with van der Waals surface area (Å²) < 4.78 is 12.9. The Hall–Kier alpha value is -4.35. The Labute approximate surface area is 232 Å². The van der Waals surface area contributed by atoms with Crippen LogP contribution in [0.25, 0.3) is 16.8 Å². The summed E-state index contributed by atoms with van der Waals surface area (Å²) in [6, 6.07) is 6.56. The maximum atomic E-state index is 13.3. The van der Waals surface area contributed by atoms with Crippen LogP contribution in [0.4, 0.5) is 21.1 Å². The number of carbonyl (C=O) groups excluding carboxylic acids is 2. The van der Waals surface area contributed by atoms with E-state index in [9.17, 15) is 19.5 Å². The smallest absolute Gasteiger partial charge is 0.416 e. The Bertz CT molecular complexity index is 1420. The first-order valence-corrected chi connectivity index (χ1v) is 13.2. The van der Waals surface area contributed by atoms with E-state index in [4.69, 9.17) is 14.5 Å². The number of hydrogen-bond donors (Lipinski definition) is 2. The highest BCUT2D eigenvalue weighted by molar-refractivity contribution is 5.93. The van der Waals surface area contributed by atoms with E-state index in [0.717, 1.165) is 0 Å². The summed E-state index contributed by atoms with van der Waals surface area (Å²) in [4.78, 5) is 46.0. The number of ether oxygens (including phenoxy) is 2. The van der Waals surface area contributed by atoms with Gasteiger partial charge in [-0.15, -0.1) is 0 Å². The number of nitrogens with one attached hydrogen (secondary N) is 1. The standard InChI is InChI=1S/C28H36N6O6/c1-27(2,3)39-25(37)32-10-7-11-33(26(38)40-28(4,5)6)22-8-12-34-23(31-22)21(17-30-34)18-14-19(24(35)36)16-20(15-18)29-9-13-32/h8,12,14-17,29H,7,9-11,13H2,1-6H3,(H,35,36). The highest BCUT2D eigenvalue weighted by Gasteiger charge is 2.27. The van der Waals surface area contributed by atoms with E-state index in [1.807, 2.05) is 0 Å². The molecule has 0 fully saturated rings. The van der Waals surface area contributed by atoms with E-state index in [0.29, 0.717) is 47.8 Å². The maximum Gasteiger partial charge on any atom is 0.416 e. The van der Waals surface area contributed by atoms with E-state index >= 15 is 0 Å². The molecular weight excluding hydrogens is 516 g/mol. The van der Waals surface area contributed by atoms with E-state index in [-0.39, 0.29) is 18.7 Å². The Balaban J connectivity index is 1.81. The van der Waals surface area contributed by atoms with Crippen molar-refractivity contribution in [2.75, 3.05) is 36.4 Å². The largest absolute Gasteiger partial charge is 0.478 e. The Morgan fingerprint density at radius 3 is 2.33 bits per heavy atom. The van der Waals surface area contributed by atoms with Crippen LogP contribution in [0.15, 0.2) is 36.7 Å². The van der Waals surface area contributed by atoms with Crippen molar-refractivity contribution in [2.24, 2.45) is 0 Å². The molecular formula is C28H36N6O6. The molecule has 0 radical (unpaired) electrons. The summed E-state index contributed by atoms with van der Waals surface area (Å²) in [6.07, 6.45) is 2.66. The van der Waals surface area contributed by atoms with E-state index in [1.165, 1.54) is 11.0 Å². The minimum Gasteiger partial charge on any atom is -0.478 e. The van der Waals surface area contributed by atoms with Crippen LogP contribution in [0.1, 0.15) is 58.3 Å². The minimum atomic E-state index is -1.08. The molecule has 0 aliphatic carbocycles. The Morgan fingerprint density at radius 2 is 1.65 bits per heavy atom. The second kappa shape index (κ2) is 11.0. The summed E-state index contributed by atoms with van der Waals surface area (Å²) in [5, 5.41) is 17.4. The third kappa shape index (κ3) is 6.99. The van der Waals surface area contributed by atoms with E-state index < -0.39 is 29.4 Å². The van der Waals surface area contributed by atoms with Crippen LogP contribution in [0.2, 0.25) is 0 Å². The van der Waals surface area contributed by atoms with Gasteiger partial charge in [-0.05, 0) is 77.8 Å². The number of hydrogen-bond acceptors (Lipinski definition) is 8. The number of aromatic carboxylic acids is 1. The molecule has 4 bridgehead atoms. The molecule has 12 nitrogen and oxygen atoms in total. The molecule has 0 saturated heterocycles. The van der Waals surface area contributed by atoms with Gasteiger partial charge in [0.15, 0.2) is 5.65 Å². The average molecular weight is 553 g/mol. The molecule has 0 saturated carbocycles. The van der Waals surface area contributed by atoms with Crippen molar-refractivity contribution < 1.29 is 29.0 Å². The van der Waals surface area contributed by atoms with Gasteiger partial charge in [-0.3, -0.25) is 4.90 Å². The molecule has 40 heavy (non-hydrogen) atoms. The number of benzene rings is 1. The highest BCUT2D eigenvalue weighted by Crippen LogP contribution is 2.29. The van der Waals surface area contributed by atoms with Gasteiger partial charge >= 0.3 is 18.2 Å². The number of aromatic nitrogens is 3. The fourth-order valence-electron chi connectivity index (χ4n) is 4.21. The number of nitrogens with zero attached hydrogens (tertiary/aromatic N) is 5. The summed E-state index contributed by atoms with van der Waals surface area (Å²) in [5.74, 6) is -0.741. The topological polar surface area (TPSA) is 139 Å². The molecule has 3 heterocycles. The van der Waals surface area contributed by atoms with Crippen molar-refractivity contribution in [3.05, 3.63) is 42.2 Å². The van der Waals surface area contributed by atoms with Crippen molar-refractivity contribution in [3.63, 3.8) is 0 Å². The number of amides is 2.